The molecule has 0 fully saturated rings. The third-order valence-corrected chi connectivity index (χ3v) is 4.56. The monoisotopic (exact) mass is 310 g/mol. The van der Waals surface area contributed by atoms with E-state index in [1.165, 1.54) is 10.9 Å². The van der Waals surface area contributed by atoms with Gasteiger partial charge >= 0.3 is 0 Å². The number of hydrogen-bond acceptors (Lipinski definition) is 5. The minimum atomic E-state index is 0.709. The summed E-state index contributed by atoms with van der Waals surface area (Å²) < 4.78 is 7.20. The van der Waals surface area contributed by atoms with Crippen molar-refractivity contribution >= 4 is 28.3 Å². The first kappa shape index (κ1) is 13.3. The first-order valence-corrected chi connectivity index (χ1v) is 7.99. The van der Waals surface area contributed by atoms with Gasteiger partial charge in [-0.2, -0.15) is 0 Å². The van der Waals surface area contributed by atoms with E-state index in [9.17, 15) is 0 Å². The van der Waals surface area contributed by atoms with Crippen LogP contribution in [-0.2, 0) is 5.75 Å². The van der Waals surface area contributed by atoms with Gasteiger partial charge in [-0.3, -0.25) is 4.40 Å². The predicted octanol–water partition coefficient (Wildman–Crippen LogP) is 3.78. The molecule has 0 amide bonds. The van der Waals surface area contributed by atoms with Crippen LogP contribution in [0.4, 0.5) is 0 Å². The number of aryl methyl sites for hydroxylation is 2. The van der Waals surface area contributed by atoms with Crippen molar-refractivity contribution in [3.8, 4) is 0 Å². The maximum Gasteiger partial charge on any atom is 0.196 e. The van der Waals surface area contributed by atoms with Crippen LogP contribution in [0.2, 0.25) is 0 Å². The van der Waals surface area contributed by atoms with Gasteiger partial charge in [-0.1, -0.05) is 35.1 Å². The van der Waals surface area contributed by atoms with Crippen LogP contribution in [0.3, 0.4) is 0 Å². The summed E-state index contributed by atoms with van der Waals surface area (Å²) in [5.41, 5.74) is 4.12. The number of rotatable bonds is 3. The number of benzene rings is 1. The molecule has 0 saturated heterocycles. The molecule has 0 bridgehead atoms. The Morgan fingerprint density at radius 2 is 2.00 bits per heavy atom. The van der Waals surface area contributed by atoms with Crippen LogP contribution >= 0.6 is 11.8 Å². The summed E-state index contributed by atoms with van der Waals surface area (Å²) in [4.78, 5) is 0. The molecule has 0 atom stereocenters. The van der Waals surface area contributed by atoms with Crippen LogP contribution in [0.1, 0.15) is 17.0 Å². The number of thioether (sulfide) groups is 1. The average molecular weight is 310 g/mol. The molecule has 22 heavy (non-hydrogen) atoms. The molecule has 110 valence electrons. The fourth-order valence-electron chi connectivity index (χ4n) is 2.59. The summed E-state index contributed by atoms with van der Waals surface area (Å²) in [7, 11) is 0. The Labute approximate surface area is 131 Å². The van der Waals surface area contributed by atoms with Gasteiger partial charge in [0.2, 0.25) is 0 Å². The topological polar surface area (TPSA) is 56.2 Å². The van der Waals surface area contributed by atoms with Crippen molar-refractivity contribution in [1.29, 1.82) is 0 Å². The SMILES string of the molecule is Cc1cc(CSc2nnc3cc(C)c4ccccc4n23)no1. The lowest BCUT2D eigenvalue weighted by molar-refractivity contribution is 0.393. The summed E-state index contributed by atoms with van der Waals surface area (Å²) in [6.45, 7) is 3.99. The summed E-state index contributed by atoms with van der Waals surface area (Å²) in [5.74, 6) is 1.53. The molecule has 0 aliphatic heterocycles. The number of para-hydroxylation sites is 1. The minimum Gasteiger partial charge on any atom is -0.361 e. The van der Waals surface area contributed by atoms with Crippen LogP contribution < -0.4 is 0 Å². The van der Waals surface area contributed by atoms with Crippen molar-refractivity contribution in [3.63, 3.8) is 0 Å². The molecule has 4 rings (SSSR count). The van der Waals surface area contributed by atoms with Crippen molar-refractivity contribution in [2.45, 2.75) is 24.8 Å². The number of hydrogen-bond donors (Lipinski definition) is 0. The molecule has 0 saturated carbocycles. The van der Waals surface area contributed by atoms with E-state index >= 15 is 0 Å². The molecular weight excluding hydrogens is 296 g/mol. The molecule has 0 spiro atoms. The summed E-state index contributed by atoms with van der Waals surface area (Å²) in [5, 5.41) is 14.7. The average Bonchev–Trinajstić information content (AvgIpc) is 3.12. The lowest BCUT2D eigenvalue weighted by Crippen LogP contribution is -1.93. The van der Waals surface area contributed by atoms with Crippen LogP contribution in [-0.4, -0.2) is 19.8 Å². The van der Waals surface area contributed by atoms with E-state index in [-0.39, 0.29) is 0 Å². The predicted molar refractivity (Wildman–Crippen MR) is 86.0 cm³/mol. The normalized spacial score (nSPS) is 11.5. The third-order valence-electron chi connectivity index (χ3n) is 3.60. The Balaban J connectivity index is 1.79. The van der Waals surface area contributed by atoms with Crippen molar-refractivity contribution in [2.75, 3.05) is 0 Å². The van der Waals surface area contributed by atoms with E-state index in [1.807, 2.05) is 19.1 Å². The second-order valence-corrected chi connectivity index (χ2v) is 6.18. The highest BCUT2D eigenvalue weighted by molar-refractivity contribution is 7.98. The fourth-order valence-corrected chi connectivity index (χ4v) is 3.43. The zero-order valence-corrected chi connectivity index (χ0v) is 13.1. The highest BCUT2D eigenvalue weighted by Gasteiger charge is 2.12. The van der Waals surface area contributed by atoms with Gasteiger partial charge in [-0.25, -0.2) is 0 Å². The lowest BCUT2D eigenvalue weighted by atomic mass is 10.1. The fraction of sp³-hybridized carbons (Fsp3) is 0.188. The van der Waals surface area contributed by atoms with Crippen LogP contribution in [0.15, 0.2) is 46.1 Å². The molecule has 6 heteroatoms. The largest absolute Gasteiger partial charge is 0.361 e. The Morgan fingerprint density at radius 1 is 1.14 bits per heavy atom. The Morgan fingerprint density at radius 3 is 2.82 bits per heavy atom. The highest BCUT2D eigenvalue weighted by atomic mass is 32.2. The molecule has 3 heterocycles. The molecule has 0 aliphatic rings. The van der Waals surface area contributed by atoms with E-state index < -0.39 is 0 Å². The minimum absolute atomic E-state index is 0.709. The van der Waals surface area contributed by atoms with Gasteiger partial charge < -0.3 is 4.52 Å². The first-order valence-electron chi connectivity index (χ1n) is 7.01. The molecule has 0 N–H and O–H groups in total. The molecule has 3 aromatic heterocycles. The van der Waals surface area contributed by atoms with Crippen molar-refractivity contribution in [3.05, 3.63) is 53.4 Å². The van der Waals surface area contributed by atoms with E-state index in [0.29, 0.717) is 5.75 Å². The summed E-state index contributed by atoms with van der Waals surface area (Å²) in [6, 6.07) is 12.3. The zero-order valence-electron chi connectivity index (χ0n) is 12.3. The number of pyridine rings is 1. The van der Waals surface area contributed by atoms with E-state index in [2.05, 4.69) is 50.9 Å². The quantitative estimate of drug-likeness (QED) is 0.539. The first-order chi connectivity index (χ1) is 10.7. The summed E-state index contributed by atoms with van der Waals surface area (Å²) in [6.07, 6.45) is 0. The van der Waals surface area contributed by atoms with Crippen LogP contribution in [0.5, 0.6) is 0 Å². The van der Waals surface area contributed by atoms with Gasteiger partial charge in [0.05, 0.1) is 11.2 Å². The zero-order chi connectivity index (χ0) is 15.1. The van der Waals surface area contributed by atoms with Crippen molar-refractivity contribution < 1.29 is 4.52 Å². The molecule has 1 aromatic carbocycles. The lowest BCUT2D eigenvalue weighted by Gasteiger charge is -2.06. The second kappa shape index (κ2) is 5.14. The number of nitrogens with zero attached hydrogens (tertiary/aromatic N) is 4. The van der Waals surface area contributed by atoms with Gasteiger partial charge in [0.1, 0.15) is 5.76 Å². The molecule has 5 nitrogen and oxygen atoms in total. The van der Waals surface area contributed by atoms with Gasteiger partial charge in [0.15, 0.2) is 10.8 Å². The maximum absolute atomic E-state index is 5.10. The van der Waals surface area contributed by atoms with Gasteiger partial charge in [0, 0.05) is 17.2 Å². The third kappa shape index (κ3) is 2.16. The number of fused-ring (bicyclic) bond motifs is 3. The van der Waals surface area contributed by atoms with Crippen LogP contribution in [0.25, 0.3) is 16.6 Å². The molecule has 4 aromatic rings. The standard InChI is InChI=1S/C16H14N4OS/c1-10-7-15-17-18-16(22-9-12-8-11(2)21-19-12)20(15)14-6-4-3-5-13(10)14/h3-8H,9H2,1-2H3. The molecule has 0 radical (unpaired) electrons. The Kier molecular flexibility index (Phi) is 3.11. The Bertz CT molecular complexity index is 973. The van der Waals surface area contributed by atoms with E-state index in [4.69, 9.17) is 4.52 Å². The van der Waals surface area contributed by atoms with E-state index in [1.54, 1.807) is 11.8 Å². The second-order valence-electron chi connectivity index (χ2n) is 5.24. The summed E-state index contributed by atoms with van der Waals surface area (Å²) >= 11 is 1.61. The molecule has 0 aliphatic carbocycles. The highest BCUT2D eigenvalue weighted by Crippen LogP contribution is 2.27. The smallest absolute Gasteiger partial charge is 0.196 e. The van der Waals surface area contributed by atoms with E-state index in [0.717, 1.165) is 27.8 Å². The van der Waals surface area contributed by atoms with Gasteiger partial charge in [-0.15, -0.1) is 10.2 Å². The van der Waals surface area contributed by atoms with Gasteiger partial charge in [-0.05, 0) is 31.5 Å². The molecule has 0 unspecified atom stereocenters. The number of aromatic nitrogens is 4. The molecular formula is C16H14N4OS. The maximum atomic E-state index is 5.10. The van der Waals surface area contributed by atoms with Crippen molar-refractivity contribution in [1.82, 2.24) is 19.8 Å². The Hall–Kier alpha value is -2.34. The van der Waals surface area contributed by atoms with Gasteiger partial charge in [0.25, 0.3) is 0 Å². The van der Waals surface area contributed by atoms with Crippen molar-refractivity contribution in [2.24, 2.45) is 0 Å². The van der Waals surface area contributed by atoms with Crippen LogP contribution in [0, 0.1) is 13.8 Å².